The van der Waals surface area contributed by atoms with Crippen LogP contribution in [0.25, 0.3) is 21.8 Å². The van der Waals surface area contributed by atoms with Crippen molar-refractivity contribution >= 4 is 27.7 Å². The molecule has 2 saturated heterocycles. The topological polar surface area (TPSA) is 42.6 Å². The van der Waals surface area contributed by atoms with Crippen LogP contribution in [-0.2, 0) is 31.4 Å². The maximum Gasteiger partial charge on any atom is 0.239 e. The van der Waals surface area contributed by atoms with E-state index in [1.54, 1.807) is 5.56 Å². The van der Waals surface area contributed by atoms with E-state index in [1.165, 1.54) is 98.8 Å². The summed E-state index contributed by atoms with van der Waals surface area (Å²) in [6.07, 6.45) is 7.57. The quantitative estimate of drug-likeness (QED) is 0.183. The lowest BCUT2D eigenvalue weighted by Gasteiger charge is -2.44. The highest BCUT2D eigenvalue weighted by molar-refractivity contribution is 6.03. The van der Waals surface area contributed by atoms with E-state index in [2.05, 4.69) is 119 Å². The summed E-state index contributed by atoms with van der Waals surface area (Å²) in [7, 11) is 2.26. The third-order valence-corrected chi connectivity index (χ3v) is 14.5. The molecule has 8 heterocycles. The number of aromatic nitrogens is 2. The van der Waals surface area contributed by atoms with Crippen LogP contribution < -0.4 is 4.74 Å². The van der Waals surface area contributed by atoms with Crippen LogP contribution in [0.15, 0.2) is 78.9 Å². The first-order chi connectivity index (χ1) is 26.3. The van der Waals surface area contributed by atoms with Crippen molar-refractivity contribution in [1.29, 1.82) is 0 Å². The van der Waals surface area contributed by atoms with Gasteiger partial charge in [-0.05, 0) is 123 Å². The number of ether oxygens (including phenoxy) is 1. The van der Waals surface area contributed by atoms with Gasteiger partial charge in [0.1, 0.15) is 11.4 Å². The van der Waals surface area contributed by atoms with E-state index in [4.69, 9.17) is 4.74 Å². The molecule has 0 spiro atoms. The molecule has 4 aromatic carbocycles. The Labute approximate surface area is 317 Å². The zero-order chi connectivity index (χ0) is 36.0. The zero-order valence-corrected chi connectivity index (χ0v) is 31.7. The van der Waals surface area contributed by atoms with Crippen molar-refractivity contribution in [1.82, 2.24) is 18.9 Å². The average Bonchev–Trinajstić information content (AvgIpc) is 3.88. The number of hydrogen-bond acceptors (Lipinski definition) is 4. The molecule has 13 rings (SSSR count). The number of piperidine rings is 1. The molecule has 5 atom stereocenters. The molecule has 6 heteroatoms. The third kappa shape index (κ3) is 4.33. The summed E-state index contributed by atoms with van der Waals surface area (Å²) in [5.74, 6) is 1.53. The van der Waals surface area contributed by atoms with Crippen LogP contribution in [0.4, 0.5) is 0 Å². The Hall–Kier alpha value is -4.65. The molecule has 6 nitrogen and oxygen atoms in total. The zero-order valence-electron chi connectivity index (χ0n) is 31.7. The van der Waals surface area contributed by atoms with E-state index in [9.17, 15) is 4.79 Å². The number of fused-ring (bicyclic) bond motifs is 7. The van der Waals surface area contributed by atoms with E-state index in [-0.39, 0.29) is 11.8 Å². The standard InChI is InChI=1S/C48H48N4O2/c1-28-20-33-25-35(47(53)52-44(33)36(21-28)43-38-16-15-32(45(43)52)26-49(38)3)31-13-11-29(12-14-31)22-30-23-37-42-39-10-7-18-50(39)19-17-40(42)51-27-48(2,34-8-5-4-6-9-34)54-41(24-30)46(37)51/h4-6,8-9,11-14,20-21,23-24,32,35,38-39H,7,10,15-19,22,25-27H2,1-3H3. The van der Waals surface area contributed by atoms with Crippen LogP contribution in [0.5, 0.6) is 5.75 Å². The molecule has 0 radical (unpaired) electrons. The summed E-state index contributed by atoms with van der Waals surface area (Å²) in [5, 5.41) is 2.72. The predicted molar refractivity (Wildman–Crippen MR) is 214 cm³/mol. The maximum absolute atomic E-state index is 14.6. The molecule has 272 valence electrons. The molecule has 0 N–H and O–H groups in total. The Morgan fingerprint density at radius 2 is 1.69 bits per heavy atom. The molecule has 6 aromatic rings. The molecule has 0 saturated carbocycles. The van der Waals surface area contributed by atoms with Gasteiger partial charge in [-0.3, -0.25) is 19.2 Å². The smallest absolute Gasteiger partial charge is 0.239 e. The van der Waals surface area contributed by atoms with Crippen molar-refractivity contribution in [3.63, 3.8) is 0 Å². The van der Waals surface area contributed by atoms with Gasteiger partial charge in [-0.25, -0.2) is 0 Å². The fourth-order valence-electron chi connectivity index (χ4n) is 12.2. The molecule has 6 aliphatic heterocycles. The fraction of sp³-hybridized carbons (Fsp3) is 0.396. The van der Waals surface area contributed by atoms with Gasteiger partial charge in [0.05, 0.1) is 23.5 Å². The Morgan fingerprint density at radius 3 is 2.52 bits per heavy atom. The van der Waals surface area contributed by atoms with Crippen LogP contribution in [0.3, 0.4) is 0 Å². The van der Waals surface area contributed by atoms with Gasteiger partial charge in [-0.15, -0.1) is 0 Å². The maximum atomic E-state index is 14.6. The number of carbonyl (C=O) groups excluding carboxylic acids is 1. The van der Waals surface area contributed by atoms with Crippen molar-refractivity contribution in [2.24, 2.45) is 0 Å². The molecule has 1 aliphatic carbocycles. The lowest BCUT2D eigenvalue weighted by atomic mass is 9.78. The molecule has 2 aromatic heterocycles. The second kappa shape index (κ2) is 11.2. The first-order valence-corrected chi connectivity index (χ1v) is 20.5. The van der Waals surface area contributed by atoms with Gasteiger partial charge in [0.15, 0.2) is 0 Å². The second-order valence-electron chi connectivity index (χ2n) is 17.8. The van der Waals surface area contributed by atoms with Crippen LogP contribution >= 0.6 is 0 Å². The minimum absolute atomic E-state index is 0.170. The first kappa shape index (κ1) is 31.7. The molecule has 0 amide bonds. The number of nitrogens with zero attached hydrogens (tertiary/aromatic N) is 4. The van der Waals surface area contributed by atoms with Crippen LogP contribution in [-0.4, -0.2) is 51.5 Å². The third-order valence-electron chi connectivity index (χ3n) is 14.5. The molecule has 2 fully saturated rings. The molecule has 2 bridgehead atoms. The Bertz CT molecular complexity index is 2560. The molecular weight excluding hydrogens is 665 g/mol. The van der Waals surface area contributed by atoms with E-state index in [1.807, 2.05) is 0 Å². The van der Waals surface area contributed by atoms with Crippen molar-refractivity contribution < 1.29 is 9.53 Å². The Kier molecular flexibility index (Phi) is 6.57. The summed E-state index contributed by atoms with van der Waals surface area (Å²) in [4.78, 5) is 19.9. The summed E-state index contributed by atoms with van der Waals surface area (Å²) >= 11 is 0. The first-order valence-electron chi connectivity index (χ1n) is 20.5. The molecule has 54 heavy (non-hydrogen) atoms. The predicted octanol–water partition coefficient (Wildman–Crippen LogP) is 9.34. The number of rotatable bonds is 4. The summed E-state index contributed by atoms with van der Waals surface area (Å²) in [5.41, 5.74) is 15.4. The van der Waals surface area contributed by atoms with Gasteiger partial charge in [0, 0.05) is 59.7 Å². The fourth-order valence-corrected chi connectivity index (χ4v) is 12.2. The van der Waals surface area contributed by atoms with Gasteiger partial charge >= 0.3 is 0 Å². The van der Waals surface area contributed by atoms with Crippen LogP contribution in [0.1, 0.15) is 117 Å². The van der Waals surface area contributed by atoms with Crippen molar-refractivity contribution in [3.05, 3.63) is 135 Å². The van der Waals surface area contributed by atoms with Gasteiger partial charge < -0.3 is 9.30 Å². The normalized spacial score (nSPS) is 27.0. The lowest BCUT2D eigenvalue weighted by molar-refractivity contribution is 0.0577. The van der Waals surface area contributed by atoms with Crippen LogP contribution in [0.2, 0.25) is 0 Å². The van der Waals surface area contributed by atoms with Crippen molar-refractivity contribution in [2.75, 3.05) is 26.7 Å². The van der Waals surface area contributed by atoms with Crippen molar-refractivity contribution in [3.8, 4) is 5.75 Å². The summed E-state index contributed by atoms with van der Waals surface area (Å²) in [6.45, 7) is 8.73. The minimum Gasteiger partial charge on any atom is -0.479 e. The Balaban J connectivity index is 0.907. The number of likely N-dealkylation sites (N-methyl/N-ethyl adjacent to an activating group) is 1. The van der Waals surface area contributed by atoms with Crippen molar-refractivity contribution in [2.45, 2.75) is 94.9 Å². The van der Waals surface area contributed by atoms with Crippen LogP contribution in [0, 0.1) is 6.92 Å². The van der Waals surface area contributed by atoms with E-state index < -0.39 is 5.60 Å². The second-order valence-corrected chi connectivity index (χ2v) is 17.8. The van der Waals surface area contributed by atoms with Gasteiger partial charge in [0.25, 0.3) is 0 Å². The SMILES string of the molecule is Cc1cc2c3c(c1)c1c(n3C(=O)C(c3ccc(Cc4cc5c6c(c4)c4c(n6CC(C)(c6ccccc6)O5)CCN5CCCC45)cc3)C2)C2CCC1N(C)C2. The number of carbonyl (C=O) groups is 1. The van der Waals surface area contributed by atoms with E-state index >= 15 is 0 Å². The highest BCUT2D eigenvalue weighted by atomic mass is 16.5. The largest absolute Gasteiger partial charge is 0.479 e. The Morgan fingerprint density at radius 1 is 0.852 bits per heavy atom. The summed E-state index contributed by atoms with van der Waals surface area (Å²) < 4.78 is 11.9. The molecule has 7 aliphatic rings. The lowest BCUT2D eigenvalue weighted by Crippen LogP contribution is -2.41. The molecule has 5 unspecified atom stereocenters. The highest BCUT2D eigenvalue weighted by Crippen LogP contribution is 2.53. The van der Waals surface area contributed by atoms with Gasteiger partial charge in [-0.1, -0.05) is 66.2 Å². The average molecular weight is 713 g/mol. The van der Waals surface area contributed by atoms with E-state index in [0.717, 1.165) is 50.2 Å². The monoisotopic (exact) mass is 712 g/mol. The number of aryl methyl sites for hydroxylation is 1. The minimum atomic E-state index is -0.440. The highest BCUT2D eigenvalue weighted by Gasteiger charge is 2.45. The summed E-state index contributed by atoms with van der Waals surface area (Å²) in [6, 6.07) is 30.2. The number of hydrogen-bond donors (Lipinski definition) is 0. The van der Waals surface area contributed by atoms with Gasteiger partial charge in [0.2, 0.25) is 5.91 Å². The number of benzene rings is 4. The molecular formula is C48H48N4O2. The van der Waals surface area contributed by atoms with Gasteiger partial charge in [-0.2, -0.15) is 0 Å². The van der Waals surface area contributed by atoms with E-state index in [0.29, 0.717) is 18.0 Å².